The summed E-state index contributed by atoms with van der Waals surface area (Å²) in [5.41, 5.74) is 0. The molecule has 41 heavy (non-hydrogen) atoms. The van der Waals surface area contributed by atoms with Gasteiger partial charge in [-0.1, -0.05) is 141 Å². The number of carbonyl (C=O) groups excluding carboxylic acids is 2. The quantitative estimate of drug-likeness (QED) is 0.0503. The van der Waals surface area contributed by atoms with Crippen LogP contribution in [-0.2, 0) is 19.1 Å². The van der Waals surface area contributed by atoms with E-state index in [1.807, 2.05) is 0 Å². The molecule has 240 valence electrons. The summed E-state index contributed by atoms with van der Waals surface area (Å²) in [4.78, 5) is 24.1. The van der Waals surface area contributed by atoms with E-state index in [9.17, 15) is 14.7 Å². The first kappa shape index (κ1) is 39.4. The highest BCUT2D eigenvalue weighted by Gasteiger charge is 2.16. The summed E-state index contributed by atoms with van der Waals surface area (Å²) < 4.78 is 10.5. The van der Waals surface area contributed by atoms with Crippen LogP contribution in [0.25, 0.3) is 0 Å². The number of allylic oxidation sites excluding steroid dienone is 4. The summed E-state index contributed by atoms with van der Waals surface area (Å²) in [6.07, 6.45) is 36.6. The Morgan fingerprint density at radius 2 is 0.976 bits per heavy atom. The van der Waals surface area contributed by atoms with Crippen molar-refractivity contribution in [2.45, 2.75) is 180 Å². The fourth-order valence-electron chi connectivity index (χ4n) is 4.82. The molecule has 0 bridgehead atoms. The van der Waals surface area contributed by atoms with E-state index in [-0.39, 0.29) is 25.2 Å². The molecule has 0 unspecified atom stereocenters. The summed E-state index contributed by atoms with van der Waals surface area (Å²) in [6, 6.07) is 0. The van der Waals surface area contributed by atoms with Gasteiger partial charge >= 0.3 is 11.9 Å². The number of ether oxygens (including phenoxy) is 2. The highest BCUT2D eigenvalue weighted by atomic mass is 16.6. The van der Waals surface area contributed by atoms with E-state index in [0.29, 0.717) is 12.8 Å². The van der Waals surface area contributed by atoms with Gasteiger partial charge in [0, 0.05) is 12.8 Å². The first-order valence-corrected chi connectivity index (χ1v) is 17.4. The molecule has 0 aromatic carbocycles. The summed E-state index contributed by atoms with van der Waals surface area (Å²) in [6.45, 7) is 4.08. The summed E-state index contributed by atoms with van der Waals surface area (Å²) >= 11 is 0. The molecule has 5 nitrogen and oxygen atoms in total. The minimum atomic E-state index is -0.768. The fraction of sp³-hybridized carbons (Fsp3) is 0.833. The molecule has 0 aromatic rings. The van der Waals surface area contributed by atoms with Gasteiger partial charge in [0.2, 0.25) is 0 Å². The predicted octanol–water partition coefficient (Wildman–Crippen LogP) is 10.3. The lowest BCUT2D eigenvalue weighted by Crippen LogP contribution is -2.28. The second-order valence-corrected chi connectivity index (χ2v) is 11.6. The second-order valence-electron chi connectivity index (χ2n) is 11.6. The van der Waals surface area contributed by atoms with Gasteiger partial charge < -0.3 is 14.6 Å². The van der Waals surface area contributed by atoms with Crippen LogP contribution in [0.4, 0.5) is 0 Å². The number of hydrogen-bond donors (Lipinski definition) is 1. The van der Waals surface area contributed by atoms with E-state index in [0.717, 1.165) is 51.4 Å². The minimum absolute atomic E-state index is 0.0657. The largest absolute Gasteiger partial charge is 0.462 e. The third-order valence-electron chi connectivity index (χ3n) is 7.50. The van der Waals surface area contributed by atoms with Crippen molar-refractivity contribution in [2.24, 2.45) is 0 Å². The van der Waals surface area contributed by atoms with Crippen LogP contribution in [0.2, 0.25) is 0 Å². The number of hydrogen-bond acceptors (Lipinski definition) is 5. The third-order valence-corrected chi connectivity index (χ3v) is 7.50. The highest BCUT2D eigenvalue weighted by molar-refractivity contribution is 5.70. The zero-order valence-corrected chi connectivity index (χ0v) is 27.1. The lowest BCUT2D eigenvalue weighted by molar-refractivity contribution is -0.161. The Morgan fingerprint density at radius 1 is 0.561 bits per heavy atom. The maximum atomic E-state index is 12.1. The van der Waals surface area contributed by atoms with E-state index < -0.39 is 6.10 Å². The molecule has 0 rings (SSSR count). The average molecular weight is 579 g/mol. The normalized spacial score (nSPS) is 12.4. The van der Waals surface area contributed by atoms with Crippen LogP contribution in [0.3, 0.4) is 0 Å². The zero-order chi connectivity index (χ0) is 30.1. The molecule has 5 heteroatoms. The van der Waals surface area contributed by atoms with Gasteiger partial charge in [-0.15, -0.1) is 0 Å². The first-order valence-electron chi connectivity index (χ1n) is 17.4. The van der Waals surface area contributed by atoms with E-state index in [4.69, 9.17) is 9.47 Å². The molecule has 0 saturated heterocycles. The SMILES string of the molecule is CCCCC/C=C\C/C=C\CCCCCCCCCC(=O)O[C@@H](CO)COC(=O)CCCCCCCCCCCC. The van der Waals surface area contributed by atoms with Gasteiger partial charge in [-0.2, -0.15) is 0 Å². The standard InChI is InChI=1S/C36H66O5/c1-3-5-7-9-11-13-15-16-17-18-19-20-21-23-25-27-29-31-36(39)41-34(32-37)33-40-35(38)30-28-26-24-22-14-12-10-8-6-4-2/h11,13,16-17,34,37H,3-10,12,14-15,18-33H2,1-2H3/b13-11-,17-16-/t34-/m0/s1. The van der Waals surface area contributed by atoms with Crippen molar-refractivity contribution in [2.75, 3.05) is 13.2 Å². The molecule has 0 heterocycles. The Labute approximate surface area is 253 Å². The van der Waals surface area contributed by atoms with Crippen LogP contribution >= 0.6 is 0 Å². The zero-order valence-electron chi connectivity index (χ0n) is 27.1. The van der Waals surface area contributed by atoms with Gasteiger partial charge in [-0.3, -0.25) is 9.59 Å². The maximum absolute atomic E-state index is 12.1. The van der Waals surface area contributed by atoms with Crippen LogP contribution in [-0.4, -0.2) is 36.4 Å². The van der Waals surface area contributed by atoms with E-state index in [1.54, 1.807) is 0 Å². The van der Waals surface area contributed by atoms with Gasteiger partial charge in [0.1, 0.15) is 6.61 Å². The van der Waals surface area contributed by atoms with Crippen molar-refractivity contribution in [3.63, 3.8) is 0 Å². The second kappa shape index (κ2) is 32.9. The Morgan fingerprint density at radius 3 is 1.49 bits per heavy atom. The Hall–Kier alpha value is -1.62. The van der Waals surface area contributed by atoms with Crippen molar-refractivity contribution < 1.29 is 24.2 Å². The Bertz CT molecular complexity index is 627. The first-order chi connectivity index (χ1) is 20.1. The van der Waals surface area contributed by atoms with Crippen LogP contribution in [0.1, 0.15) is 174 Å². The van der Waals surface area contributed by atoms with Crippen molar-refractivity contribution in [3.8, 4) is 0 Å². The molecule has 0 amide bonds. The number of aliphatic hydroxyl groups excluding tert-OH is 1. The number of unbranched alkanes of at least 4 members (excludes halogenated alkanes) is 19. The lowest BCUT2D eigenvalue weighted by atomic mass is 10.1. The number of rotatable bonds is 31. The third kappa shape index (κ3) is 31.2. The average Bonchev–Trinajstić information content (AvgIpc) is 2.97. The molecular formula is C36H66O5. The van der Waals surface area contributed by atoms with Gasteiger partial charge in [0.15, 0.2) is 6.10 Å². The molecule has 0 aliphatic rings. The molecule has 0 aliphatic carbocycles. The topological polar surface area (TPSA) is 72.8 Å². The molecule has 0 aliphatic heterocycles. The fourth-order valence-corrected chi connectivity index (χ4v) is 4.82. The molecule has 1 N–H and O–H groups in total. The monoisotopic (exact) mass is 578 g/mol. The molecule has 0 fully saturated rings. The maximum Gasteiger partial charge on any atom is 0.306 e. The number of carbonyl (C=O) groups is 2. The number of esters is 2. The van der Waals surface area contributed by atoms with Crippen LogP contribution in [0.15, 0.2) is 24.3 Å². The van der Waals surface area contributed by atoms with Crippen LogP contribution in [0, 0.1) is 0 Å². The Balaban J connectivity index is 3.58. The van der Waals surface area contributed by atoms with E-state index in [1.165, 1.54) is 96.3 Å². The molecule has 0 spiro atoms. The van der Waals surface area contributed by atoms with Crippen molar-refractivity contribution in [1.82, 2.24) is 0 Å². The summed E-state index contributed by atoms with van der Waals surface area (Å²) in [5.74, 6) is -0.599. The molecular weight excluding hydrogens is 512 g/mol. The van der Waals surface area contributed by atoms with Crippen molar-refractivity contribution >= 4 is 11.9 Å². The van der Waals surface area contributed by atoms with Gasteiger partial charge in [-0.05, 0) is 44.9 Å². The van der Waals surface area contributed by atoms with Gasteiger partial charge in [0.25, 0.3) is 0 Å². The predicted molar refractivity (Wildman–Crippen MR) is 173 cm³/mol. The summed E-state index contributed by atoms with van der Waals surface area (Å²) in [5, 5.41) is 9.50. The van der Waals surface area contributed by atoms with Gasteiger partial charge in [-0.25, -0.2) is 0 Å². The van der Waals surface area contributed by atoms with Crippen LogP contribution < -0.4 is 0 Å². The molecule has 0 radical (unpaired) electrons. The van der Waals surface area contributed by atoms with Crippen LogP contribution in [0.5, 0.6) is 0 Å². The van der Waals surface area contributed by atoms with E-state index in [2.05, 4.69) is 38.2 Å². The van der Waals surface area contributed by atoms with Crippen molar-refractivity contribution in [3.05, 3.63) is 24.3 Å². The minimum Gasteiger partial charge on any atom is -0.462 e. The summed E-state index contributed by atoms with van der Waals surface area (Å²) in [7, 11) is 0. The molecule has 0 aromatic heterocycles. The Kier molecular flexibility index (Phi) is 31.6. The van der Waals surface area contributed by atoms with Crippen molar-refractivity contribution in [1.29, 1.82) is 0 Å². The molecule has 0 saturated carbocycles. The van der Waals surface area contributed by atoms with E-state index >= 15 is 0 Å². The van der Waals surface area contributed by atoms with Gasteiger partial charge in [0.05, 0.1) is 6.61 Å². The smallest absolute Gasteiger partial charge is 0.306 e. The molecule has 1 atom stereocenters. The highest BCUT2D eigenvalue weighted by Crippen LogP contribution is 2.13. The lowest BCUT2D eigenvalue weighted by Gasteiger charge is -2.15. The number of aliphatic hydroxyl groups is 1.